The molecule has 160 valence electrons. The van der Waals surface area contributed by atoms with E-state index >= 15 is 0 Å². The highest BCUT2D eigenvalue weighted by atomic mass is 16.2. The number of fused-ring (bicyclic) bond motifs is 1. The van der Waals surface area contributed by atoms with E-state index in [1.165, 1.54) is 18.4 Å². The van der Waals surface area contributed by atoms with Gasteiger partial charge in [-0.2, -0.15) is 0 Å². The van der Waals surface area contributed by atoms with Gasteiger partial charge in [0, 0.05) is 60.8 Å². The fourth-order valence-corrected chi connectivity index (χ4v) is 3.40. The Morgan fingerprint density at radius 2 is 1.63 bits per heavy atom. The molecule has 1 heterocycles. The molecule has 2 aromatic carbocycles. The molecule has 0 radical (unpaired) electrons. The zero-order chi connectivity index (χ0) is 21.5. The molecule has 6 nitrogen and oxygen atoms in total. The Labute approximate surface area is 179 Å². The predicted octanol–water partition coefficient (Wildman–Crippen LogP) is 5.08. The number of urea groups is 1. The van der Waals surface area contributed by atoms with Gasteiger partial charge in [-0.1, -0.05) is 13.3 Å². The molecule has 0 spiro atoms. The molecule has 0 bridgehead atoms. The molecule has 0 aliphatic rings. The van der Waals surface area contributed by atoms with Crippen LogP contribution in [0.1, 0.15) is 19.8 Å². The number of likely N-dealkylation sites (N-methyl/N-ethyl adjacent to an activating group) is 1. The third-order valence-electron chi connectivity index (χ3n) is 5.23. The van der Waals surface area contributed by atoms with Gasteiger partial charge in [0.1, 0.15) is 0 Å². The smallest absolute Gasteiger partial charge is 0.323 e. The first-order chi connectivity index (χ1) is 14.5. The van der Waals surface area contributed by atoms with Gasteiger partial charge in [-0.3, -0.25) is 0 Å². The monoisotopic (exact) mass is 407 g/mol. The number of amides is 2. The van der Waals surface area contributed by atoms with Gasteiger partial charge >= 0.3 is 6.03 Å². The van der Waals surface area contributed by atoms with Crippen LogP contribution in [0, 0.1) is 0 Å². The summed E-state index contributed by atoms with van der Waals surface area (Å²) in [6.45, 7) is 5.15. The molecule has 30 heavy (non-hydrogen) atoms. The third kappa shape index (κ3) is 5.76. The lowest BCUT2D eigenvalue weighted by molar-refractivity contribution is 0.262. The van der Waals surface area contributed by atoms with E-state index in [0.29, 0.717) is 0 Å². The first-order valence-electron chi connectivity index (χ1n) is 10.6. The average Bonchev–Trinajstić information content (AvgIpc) is 3.13. The first kappa shape index (κ1) is 21.7. The van der Waals surface area contributed by atoms with Crippen molar-refractivity contribution >= 4 is 34.0 Å². The van der Waals surface area contributed by atoms with E-state index in [1.54, 1.807) is 0 Å². The van der Waals surface area contributed by atoms with E-state index < -0.39 is 0 Å². The molecule has 3 rings (SSSR count). The zero-order valence-electron chi connectivity index (χ0n) is 18.5. The molecule has 2 amide bonds. The molecule has 1 aromatic heterocycles. The highest BCUT2D eigenvalue weighted by Crippen LogP contribution is 2.21. The number of hydrogen-bond donors (Lipinski definition) is 2. The maximum atomic E-state index is 12.4. The number of hydrogen-bond acceptors (Lipinski definition) is 3. The van der Waals surface area contributed by atoms with Gasteiger partial charge in [-0.25, -0.2) is 4.79 Å². The molecular formula is C24H33N5O. The van der Waals surface area contributed by atoms with Crippen molar-refractivity contribution in [2.45, 2.75) is 26.3 Å². The van der Waals surface area contributed by atoms with Crippen molar-refractivity contribution in [3.63, 3.8) is 0 Å². The van der Waals surface area contributed by atoms with E-state index in [-0.39, 0.29) is 6.03 Å². The minimum absolute atomic E-state index is 0.242. The van der Waals surface area contributed by atoms with Crippen molar-refractivity contribution < 1.29 is 4.79 Å². The number of nitrogens with zero attached hydrogens (tertiary/aromatic N) is 3. The summed E-state index contributed by atoms with van der Waals surface area (Å²) in [5.41, 5.74) is 3.88. The highest BCUT2D eigenvalue weighted by Gasteiger charge is 2.07. The number of rotatable bonds is 9. The second-order valence-electron chi connectivity index (χ2n) is 7.99. The van der Waals surface area contributed by atoms with Crippen LogP contribution in [0.4, 0.5) is 21.9 Å². The molecule has 0 saturated heterocycles. The van der Waals surface area contributed by atoms with Gasteiger partial charge in [-0.15, -0.1) is 0 Å². The van der Waals surface area contributed by atoms with Gasteiger partial charge in [-0.05, 0) is 69.0 Å². The molecule has 0 aliphatic carbocycles. The number of carbonyl (C=O) groups excluding carboxylic acids is 1. The van der Waals surface area contributed by atoms with Crippen molar-refractivity contribution in [1.29, 1.82) is 0 Å². The SMILES string of the molecule is CCCCN(C)c1ccc(NC(=O)Nc2ccc3c(ccn3CCN(C)C)c2)cc1. The standard InChI is InChI=1S/C24H33N5O/c1-5-6-14-28(4)22-10-7-20(8-11-22)25-24(30)26-21-9-12-23-19(18-21)13-15-29(23)17-16-27(2)3/h7-13,15,18H,5-6,14,16-17H2,1-4H3,(H2,25,26,30). The summed E-state index contributed by atoms with van der Waals surface area (Å²) in [5.74, 6) is 0. The predicted molar refractivity (Wildman–Crippen MR) is 128 cm³/mol. The van der Waals surface area contributed by atoms with E-state index in [0.717, 1.165) is 42.1 Å². The zero-order valence-corrected chi connectivity index (χ0v) is 18.5. The lowest BCUT2D eigenvalue weighted by atomic mass is 10.2. The van der Waals surface area contributed by atoms with E-state index in [1.807, 2.05) is 36.4 Å². The van der Waals surface area contributed by atoms with Gasteiger partial charge < -0.3 is 25.0 Å². The lowest BCUT2D eigenvalue weighted by Crippen LogP contribution is -2.20. The van der Waals surface area contributed by atoms with Crippen molar-refractivity contribution in [2.24, 2.45) is 0 Å². The van der Waals surface area contributed by atoms with Crippen molar-refractivity contribution in [1.82, 2.24) is 9.47 Å². The van der Waals surface area contributed by atoms with Crippen LogP contribution in [0.25, 0.3) is 10.9 Å². The number of carbonyl (C=O) groups is 1. The lowest BCUT2D eigenvalue weighted by Gasteiger charge is -2.19. The second kappa shape index (κ2) is 10.2. The molecule has 0 atom stereocenters. The number of nitrogens with one attached hydrogen (secondary N) is 2. The van der Waals surface area contributed by atoms with Gasteiger partial charge in [0.15, 0.2) is 0 Å². The highest BCUT2D eigenvalue weighted by molar-refractivity contribution is 6.01. The summed E-state index contributed by atoms with van der Waals surface area (Å²) < 4.78 is 2.23. The molecule has 2 N–H and O–H groups in total. The number of aromatic nitrogens is 1. The summed E-state index contributed by atoms with van der Waals surface area (Å²) in [5, 5.41) is 6.95. The Bertz CT molecular complexity index is 961. The Morgan fingerprint density at radius 3 is 2.33 bits per heavy atom. The largest absolute Gasteiger partial charge is 0.375 e. The van der Waals surface area contributed by atoms with Gasteiger partial charge in [0.2, 0.25) is 0 Å². The van der Waals surface area contributed by atoms with E-state index in [2.05, 4.69) is 71.4 Å². The van der Waals surface area contributed by atoms with Gasteiger partial charge in [0.25, 0.3) is 0 Å². The van der Waals surface area contributed by atoms with Crippen LogP contribution in [0.15, 0.2) is 54.7 Å². The number of unbranched alkanes of at least 4 members (excludes halogenated alkanes) is 1. The summed E-state index contributed by atoms with van der Waals surface area (Å²) >= 11 is 0. The average molecular weight is 408 g/mol. The van der Waals surface area contributed by atoms with Gasteiger partial charge in [0.05, 0.1) is 0 Å². The first-order valence-corrected chi connectivity index (χ1v) is 10.6. The van der Waals surface area contributed by atoms with Crippen LogP contribution in [-0.4, -0.2) is 49.7 Å². The van der Waals surface area contributed by atoms with Crippen molar-refractivity contribution in [2.75, 3.05) is 49.8 Å². The van der Waals surface area contributed by atoms with Crippen LogP contribution >= 0.6 is 0 Å². The molecule has 6 heteroatoms. The minimum atomic E-state index is -0.242. The third-order valence-corrected chi connectivity index (χ3v) is 5.23. The van der Waals surface area contributed by atoms with Crippen LogP contribution in [0.5, 0.6) is 0 Å². The number of anilines is 3. The minimum Gasteiger partial charge on any atom is -0.375 e. The molecule has 0 fully saturated rings. The maximum absolute atomic E-state index is 12.4. The normalized spacial score (nSPS) is 11.1. The van der Waals surface area contributed by atoms with Crippen LogP contribution in [-0.2, 0) is 6.54 Å². The summed E-state index contributed by atoms with van der Waals surface area (Å²) in [6.07, 6.45) is 4.44. The fraction of sp³-hybridized carbons (Fsp3) is 0.375. The second-order valence-corrected chi connectivity index (χ2v) is 7.99. The number of benzene rings is 2. The van der Waals surface area contributed by atoms with Crippen molar-refractivity contribution in [3.05, 3.63) is 54.7 Å². The molecule has 0 unspecified atom stereocenters. The fourth-order valence-electron chi connectivity index (χ4n) is 3.40. The quantitative estimate of drug-likeness (QED) is 0.520. The van der Waals surface area contributed by atoms with Crippen molar-refractivity contribution in [3.8, 4) is 0 Å². The Hall–Kier alpha value is -2.99. The Morgan fingerprint density at radius 1 is 0.933 bits per heavy atom. The van der Waals surface area contributed by atoms with Crippen LogP contribution in [0.2, 0.25) is 0 Å². The van der Waals surface area contributed by atoms with E-state index in [9.17, 15) is 4.79 Å². The van der Waals surface area contributed by atoms with Crippen LogP contribution < -0.4 is 15.5 Å². The van der Waals surface area contributed by atoms with E-state index in [4.69, 9.17) is 0 Å². The Kier molecular flexibility index (Phi) is 7.36. The summed E-state index contributed by atoms with van der Waals surface area (Å²) in [7, 11) is 6.24. The topological polar surface area (TPSA) is 52.5 Å². The molecule has 0 saturated carbocycles. The molecule has 3 aromatic rings. The van der Waals surface area contributed by atoms with Crippen LogP contribution in [0.3, 0.4) is 0 Å². The maximum Gasteiger partial charge on any atom is 0.323 e. The summed E-state index contributed by atoms with van der Waals surface area (Å²) in [4.78, 5) is 16.8. The molecular weight excluding hydrogens is 374 g/mol. The summed E-state index contributed by atoms with van der Waals surface area (Å²) in [6, 6.07) is 15.8. The Balaban J connectivity index is 1.58. The molecule has 0 aliphatic heterocycles.